The van der Waals surface area contributed by atoms with Crippen molar-refractivity contribution < 1.29 is 9.72 Å². The fourth-order valence-corrected chi connectivity index (χ4v) is 2.74. The second-order valence-corrected chi connectivity index (χ2v) is 6.01. The van der Waals surface area contributed by atoms with Crippen molar-refractivity contribution in [1.29, 1.82) is 0 Å². The normalized spacial score (nSPS) is 11.9. The van der Waals surface area contributed by atoms with Crippen molar-refractivity contribution in [3.63, 3.8) is 0 Å². The van der Waals surface area contributed by atoms with Crippen molar-refractivity contribution in [2.45, 2.75) is 32.9 Å². The number of anilines is 1. The van der Waals surface area contributed by atoms with Crippen LogP contribution in [0.25, 0.3) is 0 Å². The first-order chi connectivity index (χ1) is 13.0. The zero-order valence-corrected chi connectivity index (χ0v) is 14.9. The number of nitrogens with one attached hydrogen (secondary N) is 1. The molecule has 2 aromatic heterocycles. The summed E-state index contributed by atoms with van der Waals surface area (Å²) in [7, 11) is 0. The molecule has 1 unspecified atom stereocenters. The van der Waals surface area contributed by atoms with E-state index in [1.807, 2.05) is 30.3 Å². The minimum Gasteiger partial charge on any atom is -0.358 e. The molecule has 0 saturated heterocycles. The number of carbonyl (C=O) groups is 1. The zero-order chi connectivity index (χ0) is 19.4. The van der Waals surface area contributed by atoms with Crippen molar-refractivity contribution in [1.82, 2.24) is 24.5 Å². The highest BCUT2D eigenvalue weighted by molar-refractivity contribution is 5.92. The highest BCUT2D eigenvalue weighted by atomic mass is 16.6. The average Bonchev–Trinajstić information content (AvgIpc) is 3.24. The summed E-state index contributed by atoms with van der Waals surface area (Å²) in [4.78, 5) is 27.0. The minimum atomic E-state index is -0.695. The summed E-state index contributed by atoms with van der Waals surface area (Å²) in [5.41, 5.74) is 1.59. The quantitative estimate of drug-likeness (QED) is 0.504. The van der Waals surface area contributed by atoms with Crippen molar-refractivity contribution in [2.24, 2.45) is 0 Å². The van der Waals surface area contributed by atoms with Crippen LogP contribution in [-0.2, 0) is 11.3 Å². The SMILES string of the molecule is CCC(C(=O)Nc1ncn(Cc2ccccc2)n1)n1nc([N+](=O)[O-])cc1C. The third-order valence-corrected chi connectivity index (χ3v) is 4.04. The molecule has 27 heavy (non-hydrogen) atoms. The van der Waals surface area contributed by atoms with E-state index in [0.29, 0.717) is 18.7 Å². The number of hydrogen-bond donors (Lipinski definition) is 1. The lowest BCUT2D eigenvalue weighted by Crippen LogP contribution is -2.27. The number of rotatable bonds is 7. The maximum absolute atomic E-state index is 12.6. The van der Waals surface area contributed by atoms with Gasteiger partial charge < -0.3 is 10.1 Å². The predicted molar refractivity (Wildman–Crippen MR) is 97.1 cm³/mol. The second-order valence-electron chi connectivity index (χ2n) is 6.01. The van der Waals surface area contributed by atoms with Crippen LogP contribution in [0.1, 0.15) is 30.6 Å². The van der Waals surface area contributed by atoms with Crippen LogP contribution < -0.4 is 5.32 Å². The number of hydrogen-bond acceptors (Lipinski definition) is 6. The molecule has 1 aromatic carbocycles. The smallest absolute Gasteiger partial charge is 0.358 e. The summed E-state index contributed by atoms with van der Waals surface area (Å²) in [6.45, 7) is 4.01. The van der Waals surface area contributed by atoms with Gasteiger partial charge >= 0.3 is 5.82 Å². The van der Waals surface area contributed by atoms with E-state index >= 15 is 0 Å². The summed E-state index contributed by atoms with van der Waals surface area (Å²) < 4.78 is 2.98. The monoisotopic (exact) mass is 369 g/mol. The summed E-state index contributed by atoms with van der Waals surface area (Å²) in [5.74, 6) is -0.492. The Bertz CT molecular complexity index is 949. The molecule has 0 aliphatic carbocycles. The van der Waals surface area contributed by atoms with Crippen LogP contribution in [0.2, 0.25) is 0 Å². The maximum atomic E-state index is 12.6. The third-order valence-electron chi connectivity index (χ3n) is 4.04. The number of nitro groups is 1. The number of amides is 1. The molecule has 140 valence electrons. The average molecular weight is 369 g/mol. The number of benzene rings is 1. The number of aromatic nitrogens is 5. The Hall–Kier alpha value is -3.56. The van der Waals surface area contributed by atoms with Gasteiger partial charge in [0.25, 0.3) is 5.91 Å². The van der Waals surface area contributed by atoms with Crippen LogP contribution in [-0.4, -0.2) is 35.4 Å². The molecule has 0 radical (unpaired) electrons. The Morgan fingerprint density at radius 3 is 2.67 bits per heavy atom. The molecule has 10 nitrogen and oxygen atoms in total. The van der Waals surface area contributed by atoms with E-state index in [1.165, 1.54) is 17.1 Å². The van der Waals surface area contributed by atoms with Crippen LogP contribution in [0.5, 0.6) is 0 Å². The van der Waals surface area contributed by atoms with E-state index in [2.05, 4.69) is 20.5 Å². The molecule has 0 bridgehead atoms. The maximum Gasteiger partial charge on any atom is 0.390 e. The van der Waals surface area contributed by atoms with Crippen molar-refractivity contribution >= 4 is 17.7 Å². The Kier molecular flexibility index (Phi) is 5.25. The molecule has 10 heteroatoms. The standard InChI is InChI=1S/C17H19N7O3/c1-3-14(23-12(2)9-15(20-23)24(26)27)16(25)19-17-18-11-22(21-17)10-13-7-5-4-6-8-13/h4-9,11,14H,3,10H2,1-2H3,(H,19,21,25). The molecule has 3 aromatic rings. The Morgan fingerprint density at radius 1 is 1.30 bits per heavy atom. The number of carbonyl (C=O) groups excluding carboxylic acids is 1. The second kappa shape index (κ2) is 7.77. The number of nitrogens with zero attached hydrogens (tertiary/aromatic N) is 6. The zero-order valence-electron chi connectivity index (χ0n) is 14.9. The van der Waals surface area contributed by atoms with Crippen LogP contribution in [0.15, 0.2) is 42.7 Å². The largest absolute Gasteiger partial charge is 0.390 e. The van der Waals surface area contributed by atoms with Gasteiger partial charge in [0.1, 0.15) is 6.33 Å². The fourth-order valence-electron chi connectivity index (χ4n) is 2.74. The molecule has 0 fully saturated rings. The van der Waals surface area contributed by atoms with E-state index in [4.69, 9.17) is 0 Å². The lowest BCUT2D eigenvalue weighted by atomic mass is 10.2. The van der Waals surface area contributed by atoms with Crippen LogP contribution in [0.4, 0.5) is 11.8 Å². The lowest BCUT2D eigenvalue weighted by molar-refractivity contribution is -0.389. The molecule has 3 rings (SSSR count). The van der Waals surface area contributed by atoms with Gasteiger partial charge in [-0.05, 0) is 23.8 Å². The molecular formula is C17H19N7O3. The van der Waals surface area contributed by atoms with Gasteiger partial charge in [-0.2, -0.15) is 4.68 Å². The summed E-state index contributed by atoms with van der Waals surface area (Å²) >= 11 is 0. The van der Waals surface area contributed by atoms with Crippen LogP contribution in [0.3, 0.4) is 0 Å². The van der Waals surface area contributed by atoms with Crippen molar-refractivity contribution in [3.05, 3.63) is 64.1 Å². The van der Waals surface area contributed by atoms with Gasteiger partial charge in [-0.25, -0.2) is 9.67 Å². The molecule has 1 amide bonds. The van der Waals surface area contributed by atoms with Gasteiger partial charge in [0.15, 0.2) is 6.04 Å². The Labute approximate surface area is 155 Å². The molecule has 2 heterocycles. The van der Waals surface area contributed by atoms with Gasteiger partial charge in [0.2, 0.25) is 5.95 Å². The molecule has 1 N–H and O–H groups in total. The number of aryl methyl sites for hydroxylation is 1. The Morgan fingerprint density at radius 2 is 2.04 bits per heavy atom. The predicted octanol–water partition coefficient (Wildman–Crippen LogP) is 2.33. The van der Waals surface area contributed by atoms with Gasteiger partial charge in [-0.3, -0.25) is 10.1 Å². The van der Waals surface area contributed by atoms with Crippen LogP contribution >= 0.6 is 0 Å². The van der Waals surface area contributed by atoms with E-state index in [-0.39, 0.29) is 17.7 Å². The molecule has 0 aliphatic heterocycles. The van der Waals surface area contributed by atoms with Crippen molar-refractivity contribution in [2.75, 3.05) is 5.32 Å². The first kappa shape index (κ1) is 18.2. The highest BCUT2D eigenvalue weighted by Gasteiger charge is 2.27. The van der Waals surface area contributed by atoms with E-state index in [9.17, 15) is 14.9 Å². The molecular weight excluding hydrogens is 350 g/mol. The molecule has 0 aliphatic rings. The van der Waals surface area contributed by atoms with Gasteiger partial charge in [0.05, 0.1) is 23.4 Å². The Balaban J connectivity index is 1.71. The van der Waals surface area contributed by atoms with E-state index < -0.39 is 11.0 Å². The van der Waals surface area contributed by atoms with Crippen molar-refractivity contribution in [3.8, 4) is 0 Å². The van der Waals surface area contributed by atoms with Gasteiger partial charge in [0, 0.05) is 0 Å². The van der Waals surface area contributed by atoms with Gasteiger partial charge in [-0.15, -0.1) is 5.10 Å². The molecule has 1 atom stereocenters. The molecule has 0 spiro atoms. The van der Waals surface area contributed by atoms with E-state index in [0.717, 1.165) is 5.56 Å². The first-order valence-corrected chi connectivity index (χ1v) is 8.42. The minimum absolute atomic E-state index is 0.175. The van der Waals surface area contributed by atoms with Gasteiger partial charge in [-0.1, -0.05) is 37.3 Å². The summed E-state index contributed by atoms with van der Waals surface area (Å²) in [5, 5.41) is 21.7. The van der Waals surface area contributed by atoms with E-state index in [1.54, 1.807) is 18.5 Å². The first-order valence-electron chi connectivity index (χ1n) is 8.42. The summed E-state index contributed by atoms with van der Waals surface area (Å²) in [6.07, 6.45) is 1.95. The molecule has 0 saturated carbocycles. The topological polar surface area (TPSA) is 121 Å². The fraction of sp³-hybridized carbons (Fsp3) is 0.294. The third kappa shape index (κ3) is 4.17. The lowest BCUT2D eigenvalue weighted by Gasteiger charge is -2.12. The summed E-state index contributed by atoms with van der Waals surface area (Å²) in [6, 6.07) is 10.4. The van der Waals surface area contributed by atoms with Crippen LogP contribution in [0, 0.1) is 17.0 Å². The highest BCUT2D eigenvalue weighted by Crippen LogP contribution is 2.20.